The Kier molecular flexibility index (Phi) is 5.35. The molecular formula is C13H19NO4S. The minimum absolute atomic E-state index is 0.120. The summed E-state index contributed by atoms with van der Waals surface area (Å²) < 4.78 is 5.07. The summed E-state index contributed by atoms with van der Waals surface area (Å²) >= 11 is 1.27. The number of methoxy groups -OCH3 is 1. The number of carboxylic acid groups (broad SMARTS) is 1. The van der Waals surface area contributed by atoms with Crippen molar-refractivity contribution >= 4 is 23.2 Å². The summed E-state index contributed by atoms with van der Waals surface area (Å²) in [5.74, 6) is -0.660. The average molecular weight is 285 g/mol. The number of carbonyl (C=O) groups is 2. The van der Waals surface area contributed by atoms with E-state index in [4.69, 9.17) is 4.74 Å². The molecule has 106 valence electrons. The van der Waals surface area contributed by atoms with Crippen LogP contribution in [-0.2, 0) is 4.79 Å². The van der Waals surface area contributed by atoms with Crippen LogP contribution in [0.25, 0.3) is 0 Å². The number of nitrogens with one attached hydrogen (secondary N) is 1. The van der Waals surface area contributed by atoms with Gasteiger partial charge >= 0.3 is 5.97 Å². The van der Waals surface area contributed by atoms with E-state index in [0.717, 1.165) is 0 Å². The fraction of sp³-hybridized carbons (Fsp3) is 0.538. The molecule has 0 aliphatic carbocycles. The summed E-state index contributed by atoms with van der Waals surface area (Å²) in [5.41, 5.74) is -0.903. The zero-order chi connectivity index (χ0) is 14.5. The van der Waals surface area contributed by atoms with E-state index in [9.17, 15) is 14.7 Å². The smallest absolute Gasteiger partial charge is 0.311 e. The molecule has 0 aliphatic heterocycles. The third kappa shape index (κ3) is 3.26. The second-order valence-electron chi connectivity index (χ2n) is 4.29. The monoisotopic (exact) mass is 285 g/mol. The number of hydrogen-bond acceptors (Lipinski definition) is 4. The first-order valence-electron chi connectivity index (χ1n) is 6.13. The molecule has 0 spiro atoms. The summed E-state index contributed by atoms with van der Waals surface area (Å²) in [6.07, 6.45) is 0.946. The molecule has 5 nitrogen and oxygen atoms in total. The predicted octanol–water partition coefficient (Wildman–Crippen LogP) is 2.38. The number of hydrogen-bond donors (Lipinski definition) is 2. The van der Waals surface area contributed by atoms with Crippen molar-refractivity contribution in [2.75, 3.05) is 13.7 Å². The lowest BCUT2D eigenvalue weighted by Gasteiger charge is -2.26. The Hall–Kier alpha value is -1.56. The molecular weight excluding hydrogens is 266 g/mol. The van der Waals surface area contributed by atoms with Crippen LogP contribution in [0.2, 0.25) is 0 Å². The number of amides is 1. The molecule has 0 bridgehead atoms. The first-order chi connectivity index (χ1) is 9.00. The van der Waals surface area contributed by atoms with Crippen molar-refractivity contribution in [3.63, 3.8) is 0 Å². The third-order valence-electron chi connectivity index (χ3n) is 3.45. The highest BCUT2D eigenvalue weighted by Gasteiger charge is 2.35. The summed E-state index contributed by atoms with van der Waals surface area (Å²) in [6.45, 7) is 3.75. The molecule has 0 atom stereocenters. The Morgan fingerprint density at radius 2 is 2.05 bits per heavy atom. The highest BCUT2D eigenvalue weighted by atomic mass is 32.1. The fourth-order valence-corrected chi connectivity index (χ4v) is 2.61. The molecule has 1 amide bonds. The Morgan fingerprint density at radius 3 is 2.53 bits per heavy atom. The first kappa shape index (κ1) is 15.5. The highest BCUT2D eigenvalue weighted by molar-refractivity contribution is 7.12. The van der Waals surface area contributed by atoms with E-state index in [1.54, 1.807) is 11.4 Å². The lowest BCUT2D eigenvalue weighted by Crippen LogP contribution is -2.42. The molecule has 1 rings (SSSR count). The van der Waals surface area contributed by atoms with E-state index in [1.165, 1.54) is 18.4 Å². The van der Waals surface area contributed by atoms with Crippen LogP contribution in [0.3, 0.4) is 0 Å². The molecule has 1 heterocycles. The molecule has 0 fully saturated rings. The number of ether oxygens (including phenoxy) is 1. The van der Waals surface area contributed by atoms with Crippen LogP contribution in [0, 0.1) is 5.41 Å². The zero-order valence-corrected chi connectivity index (χ0v) is 12.2. The average Bonchev–Trinajstić information content (AvgIpc) is 2.88. The number of aliphatic carboxylic acids is 1. The van der Waals surface area contributed by atoms with Crippen molar-refractivity contribution in [3.05, 3.63) is 16.3 Å². The van der Waals surface area contributed by atoms with Crippen LogP contribution in [0.15, 0.2) is 11.4 Å². The van der Waals surface area contributed by atoms with E-state index in [2.05, 4.69) is 5.32 Å². The van der Waals surface area contributed by atoms with Crippen LogP contribution < -0.4 is 10.1 Å². The molecule has 0 unspecified atom stereocenters. The van der Waals surface area contributed by atoms with Crippen LogP contribution in [0.4, 0.5) is 0 Å². The van der Waals surface area contributed by atoms with E-state index >= 15 is 0 Å². The second kappa shape index (κ2) is 6.56. The summed E-state index contributed by atoms with van der Waals surface area (Å²) in [7, 11) is 1.50. The van der Waals surface area contributed by atoms with Gasteiger partial charge in [0.05, 0.1) is 12.5 Å². The van der Waals surface area contributed by atoms with Crippen molar-refractivity contribution < 1.29 is 19.4 Å². The Labute approximate surface area is 116 Å². The highest BCUT2D eigenvalue weighted by Crippen LogP contribution is 2.27. The molecule has 1 aromatic heterocycles. The molecule has 19 heavy (non-hydrogen) atoms. The van der Waals surface area contributed by atoms with Crippen LogP contribution in [0.1, 0.15) is 36.4 Å². The van der Waals surface area contributed by atoms with Gasteiger partial charge in [-0.2, -0.15) is 0 Å². The fourth-order valence-electron chi connectivity index (χ4n) is 1.83. The first-order valence-corrected chi connectivity index (χ1v) is 7.01. The van der Waals surface area contributed by atoms with Crippen molar-refractivity contribution in [1.29, 1.82) is 0 Å². The van der Waals surface area contributed by atoms with Gasteiger partial charge in [0.25, 0.3) is 5.91 Å². The number of thiophene rings is 1. The van der Waals surface area contributed by atoms with Gasteiger partial charge in [-0.25, -0.2) is 0 Å². The number of carbonyl (C=O) groups excluding carboxylic acids is 1. The van der Waals surface area contributed by atoms with Crippen molar-refractivity contribution in [2.24, 2.45) is 5.41 Å². The maximum absolute atomic E-state index is 12.0. The Bertz CT molecular complexity index is 451. The predicted molar refractivity (Wildman–Crippen MR) is 73.9 cm³/mol. The van der Waals surface area contributed by atoms with E-state index in [1.807, 2.05) is 13.8 Å². The lowest BCUT2D eigenvalue weighted by molar-refractivity contribution is -0.149. The molecule has 0 aromatic carbocycles. The van der Waals surface area contributed by atoms with Crippen molar-refractivity contribution in [1.82, 2.24) is 5.32 Å². The number of rotatable bonds is 7. The van der Waals surface area contributed by atoms with Gasteiger partial charge in [-0.15, -0.1) is 11.3 Å². The van der Waals surface area contributed by atoms with E-state index in [0.29, 0.717) is 23.5 Å². The Balaban J connectivity index is 2.75. The second-order valence-corrected chi connectivity index (χ2v) is 5.21. The van der Waals surface area contributed by atoms with Gasteiger partial charge in [-0.1, -0.05) is 13.8 Å². The van der Waals surface area contributed by atoms with Gasteiger partial charge in [0.15, 0.2) is 0 Å². The van der Waals surface area contributed by atoms with Gasteiger partial charge < -0.3 is 15.2 Å². The van der Waals surface area contributed by atoms with Crippen molar-refractivity contribution in [2.45, 2.75) is 26.7 Å². The topological polar surface area (TPSA) is 75.6 Å². The van der Waals surface area contributed by atoms with Gasteiger partial charge in [-0.3, -0.25) is 9.59 Å². The van der Waals surface area contributed by atoms with E-state index in [-0.39, 0.29) is 12.5 Å². The maximum atomic E-state index is 12.0. The maximum Gasteiger partial charge on any atom is 0.311 e. The van der Waals surface area contributed by atoms with Gasteiger partial charge in [0, 0.05) is 6.54 Å². The molecule has 0 saturated heterocycles. The molecule has 0 saturated carbocycles. The van der Waals surface area contributed by atoms with Crippen LogP contribution >= 0.6 is 11.3 Å². The molecule has 6 heteroatoms. The SMILES string of the molecule is CCC(CC)(CNC(=O)c1sccc1OC)C(=O)O. The summed E-state index contributed by atoms with van der Waals surface area (Å²) in [4.78, 5) is 23.8. The molecule has 1 aromatic rings. The van der Waals surface area contributed by atoms with Crippen LogP contribution in [0.5, 0.6) is 5.75 Å². The molecule has 0 aliphatic rings. The standard InChI is InChI=1S/C13H19NO4S/c1-4-13(5-2,12(16)17)8-14-11(15)10-9(18-3)6-7-19-10/h6-7H,4-5,8H2,1-3H3,(H,14,15)(H,16,17). The normalized spacial score (nSPS) is 11.1. The van der Waals surface area contributed by atoms with Gasteiger partial charge in [-0.05, 0) is 24.3 Å². The van der Waals surface area contributed by atoms with Crippen LogP contribution in [-0.4, -0.2) is 30.6 Å². The minimum atomic E-state index is -0.903. The zero-order valence-electron chi connectivity index (χ0n) is 11.4. The largest absolute Gasteiger partial charge is 0.495 e. The quantitative estimate of drug-likeness (QED) is 0.806. The van der Waals surface area contributed by atoms with E-state index < -0.39 is 11.4 Å². The van der Waals surface area contributed by atoms with Gasteiger partial charge in [0.1, 0.15) is 10.6 Å². The minimum Gasteiger partial charge on any atom is -0.495 e. The van der Waals surface area contributed by atoms with Gasteiger partial charge in [0.2, 0.25) is 0 Å². The molecule has 2 N–H and O–H groups in total. The lowest BCUT2D eigenvalue weighted by atomic mass is 9.82. The third-order valence-corrected chi connectivity index (χ3v) is 4.34. The molecule has 0 radical (unpaired) electrons. The summed E-state index contributed by atoms with van der Waals surface area (Å²) in [5, 5.41) is 13.8. The van der Waals surface area contributed by atoms with Crippen molar-refractivity contribution in [3.8, 4) is 5.75 Å². The Morgan fingerprint density at radius 1 is 1.42 bits per heavy atom. The summed E-state index contributed by atoms with van der Waals surface area (Å²) in [6, 6.07) is 1.71. The number of carboxylic acids is 1.